The molecule has 15 heavy (non-hydrogen) atoms. The number of rotatable bonds is 6. The fourth-order valence-electron chi connectivity index (χ4n) is 1.24. The first-order chi connectivity index (χ1) is 7.17. The van der Waals surface area contributed by atoms with Crippen LogP contribution in [0.15, 0.2) is 12.1 Å². The third kappa shape index (κ3) is 3.87. The first-order valence-electron chi connectivity index (χ1n) is 5.09. The molecule has 0 fully saturated rings. The van der Waals surface area contributed by atoms with E-state index in [9.17, 15) is 4.79 Å². The summed E-state index contributed by atoms with van der Waals surface area (Å²) in [6.45, 7) is 4.05. The molecule has 1 unspecified atom stereocenters. The van der Waals surface area contributed by atoms with Crippen LogP contribution in [0.1, 0.15) is 30.0 Å². The van der Waals surface area contributed by atoms with Crippen LogP contribution in [0.25, 0.3) is 0 Å². The van der Waals surface area contributed by atoms with E-state index in [1.807, 2.05) is 6.92 Å². The summed E-state index contributed by atoms with van der Waals surface area (Å²) < 4.78 is 0. The second kappa shape index (κ2) is 6.18. The maximum Gasteiger partial charge on any atom is 0.316 e. The topological polar surface area (TPSA) is 37.3 Å². The zero-order chi connectivity index (χ0) is 11.3. The molecular formula is C11H16O2S2. The first-order valence-corrected chi connectivity index (χ1v) is 6.95. The van der Waals surface area contributed by atoms with E-state index in [0.717, 1.165) is 12.2 Å². The van der Waals surface area contributed by atoms with Gasteiger partial charge in [0.05, 0.1) is 0 Å². The van der Waals surface area contributed by atoms with Crippen LogP contribution in [0.2, 0.25) is 0 Å². The summed E-state index contributed by atoms with van der Waals surface area (Å²) in [6.07, 6.45) is 1.75. The Bertz CT molecular complexity index is 320. The molecule has 0 aromatic carbocycles. The molecule has 0 aliphatic carbocycles. The maximum atomic E-state index is 10.8. The summed E-state index contributed by atoms with van der Waals surface area (Å²) in [5.74, 6) is 0.116. The van der Waals surface area contributed by atoms with Gasteiger partial charge in [-0.25, -0.2) is 0 Å². The van der Waals surface area contributed by atoms with Gasteiger partial charge < -0.3 is 5.11 Å². The zero-order valence-electron chi connectivity index (χ0n) is 9.03. The van der Waals surface area contributed by atoms with Crippen molar-refractivity contribution in [1.82, 2.24) is 0 Å². The predicted octanol–water partition coefficient (Wildman–Crippen LogP) is 3.41. The molecule has 0 aliphatic rings. The fraction of sp³-hybridized carbons (Fsp3) is 0.545. The Morgan fingerprint density at radius 3 is 2.60 bits per heavy atom. The molecule has 0 amide bonds. The monoisotopic (exact) mass is 244 g/mol. The van der Waals surface area contributed by atoms with Crippen LogP contribution in [0.5, 0.6) is 0 Å². The maximum absolute atomic E-state index is 10.8. The van der Waals surface area contributed by atoms with Crippen molar-refractivity contribution in [2.75, 3.05) is 0 Å². The molecule has 0 bridgehead atoms. The highest BCUT2D eigenvalue weighted by atomic mass is 32.2. The molecule has 4 heteroatoms. The Hall–Kier alpha value is -0.480. The Balaban J connectivity index is 2.45. The molecule has 1 atom stereocenters. The van der Waals surface area contributed by atoms with E-state index < -0.39 is 5.97 Å². The van der Waals surface area contributed by atoms with Gasteiger partial charge in [0.2, 0.25) is 0 Å². The molecule has 1 aromatic heterocycles. The fourth-order valence-corrected chi connectivity index (χ4v) is 3.27. The van der Waals surface area contributed by atoms with Crippen LogP contribution in [-0.2, 0) is 17.0 Å². The Kier molecular flexibility index (Phi) is 5.19. The van der Waals surface area contributed by atoms with Gasteiger partial charge in [-0.15, -0.1) is 23.1 Å². The lowest BCUT2D eigenvalue weighted by Crippen LogP contribution is -2.14. The van der Waals surface area contributed by atoms with Crippen LogP contribution in [0.4, 0.5) is 0 Å². The summed E-state index contributed by atoms with van der Waals surface area (Å²) in [7, 11) is 0. The molecule has 0 aliphatic heterocycles. The number of carboxylic acids is 1. The number of thioether (sulfide) groups is 1. The number of hydrogen-bond acceptors (Lipinski definition) is 3. The van der Waals surface area contributed by atoms with Gasteiger partial charge in [0.25, 0.3) is 0 Å². The number of aryl methyl sites for hydroxylation is 1. The van der Waals surface area contributed by atoms with E-state index in [4.69, 9.17) is 5.11 Å². The predicted molar refractivity (Wildman–Crippen MR) is 66.7 cm³/mol. The van der Waals surface area contributed by atoms with Gasteiger partial charge in [-0.1, -0.05) is 13.8 Å². The number of carboxylic acid groups (broad SMARTS) is 1. The Labute approximate surface area is 98.7 Å². The van der Waals surface area contributed by atoms with Crippen LogP contribution in [0, 0.1) is 0 Å². The highest BCUT2D eigenvalue weighted by molar-refractivity contribution is 7.99. The Morgan fingerprint density at radius 2 is 2.13 bits per heavy atom. The molecule has 1 aromatic rings. The van der Waals surface area contributed by atoms with Gasteiger partial charge in [-0.3, -0.25) is 4.79 Å². The zero-order valence-corrected chi connectivity index (χ0v) is 10.7. The summed E-state index contributed by atoms with van der Waals surface area (Å²) in [5.41, 5.74) is 0. The number of carbonyl (C=O) groups is 1. The third-order valence-corrected chi connectivity index (χ3v) is 4.97. The summed E-state index contributed by atoms with van der Waals surface area (Å²) in [4.78, 5) is 13.4. The van der Waals surface area contributed by atoms with Gasteiger partial charge in [0.15, 0.2) is 0 Å². The third-order valence-electron chi connectivity index (χ3n) is 2.14. The van der Waals surface area contributed by atoms with Crippen molar-refractivity contribution < 1.29 is 9.90 Å². The van der Waals surface area contributed by atoms with Crippen molar-refractivity contribution in [3.63, 3.8) is 0 Å². The van der Waals surface area contributed by atoms with E-state index in [-0.39, 0.29) is 5.25 Å². The smallest absolute Gasteiger partial charge is 0.316 e. The molecule has 2 nitrogen and oxygen atoms in total. The molecule has 0 saturated carbocycles. The summed E-state index contributed by atoms with van der Waals surface area (Å²) >= 11 is 3.30. The van der Waals surface area contributed by atoms with E-state index in [1.165, 1.54) is 21.5 Å². The molecule has 1 heterocycles. The number of thiophene rings is 1. The van der Waals surface area contributed by atoms with Gasteiger partial charge in [-0.2, -0.15) is 0 Å². The molecule has 1 N–H and O–H groups in total. The molecule has 1 rings (SSSR count). The highest BCUT2D eigenvalue weighted by Gasteiger charge is 2.15. The van der Waals surface area contributed by atoms with E-state index in [1.54, 1.807) is 11.3 Å². The molecular weight excluding hydrogens is 228 g/mol. The SMILES string of the molecule is CCc1ccc(CSC(CC)C(=O)O)s1. The van der Waals surface area contributed by atoms with Gasteiger partial charge >= 0.3 is 5.97 Å². The van der Waals surface area contributed by atoms with Crippen LogP contribution in [0.3, 0.4) is 0 Å². The molecule has 0 radical (unpaired) electrons. The largest absolute Gasteiger partial charge is 0.480 e. The minimum atomic E-state index is -0.699. The average Bonchev–Trinajstić information content (AvgIpc) is 2.66. The Morgan fingerprint density at radius 1 is 1.47 bits per heavy atom. The van der Waals surface area contributed by atoms with Crippen molar-refractivity contribution in [3.05, 3.63) is 21.9 Å². The number of aliphatic carboxylic acids is 1. The van der Waals surface area contributed by atoms with Gasteiger partial charge in [0.1, 0.15) is 5.25 Å². The lowest BCUT2D eigenvalue weighted by atomic mass is 10.3. The first kappa shape index (κ1) is 12.6. The van der Waals surface area contributed by atoms with Crippen LogP contribution < -0.4 is 0 Å². The van der Waals surface area contributed by atoms with E-state index in [0.29, 0.717) is 6.42 Å². The van der Waals surface area contributed by atoms with E-state index >= 15 is 0 Å². The van der Waals surface area contributed by atoms with Crippen molar-refractivity contribution in [1.29, 1.82) is 0 Å². The quantitative estimate of drug-likeness (QED) is 0.833. The average molecular weight is 244 g/mol. The molecule has 84 valence electrons. The van der Waals surface area contributed by atoms with Crippen molar-refractivity contribution in [2.24, 2.45) is 0 Å². The number of hydrogen-bond donors (Lipinski definition) is 1. The summed E-state index contributed by atoms with van der Waals surface area (Å²) in [6, 6.07) is 4.23. The van der Waals surface area contributed by atoms with E-state index in [2.05, 4.69) is 19.1 Å². The minimum absolute atomic E-state index is 0.267. The lowest BCUT2D eigenvalue weighted by Gasteiger charge is -2.07. The van der Waals surface area contributed by atoms with Crippen LogP contribution in [-0.4, -0.2) is 16.3 Å². The minimum Gasteiger partial charge on any atom is -0.480 e. The van der Waals surface area contributed by atoms with Crippen molar-refractivity contribution in [2.45, 2.75) is 37.7 Å². The second-order valence-corrected chi connectivity index (χ2v) is 5.71. The summed E-state index contributed by atoms with van der Waals surface area (Å²) in [5, 5.41) is 8.62. The van der Waals surface area contributed by atoms with Crippen molar-refractivity contribution in [3.8, 4) is 0 Å². The van der Waals surface area contributed by atoms with Crippen molar-refractivity contribution >= 4 is 29.1 Å². The van der Waals surface area contributed by atoms with Gasteiger partial charge in [-0.05, 0) is 25.0 Å². The lowest BCUT2D eigenvalue weighted by molar-refractivity contribution is -0.136. The molecule has 0 spiro atoms. The van der Waals surface area contributed by atoms with Crippen LogP contribution >= 0.6 is 23.1 Å². The second-order valence-electron chi connectivity index (χ2n) is 3.27. The molecule has 0 saturated heterocycles. The highest BCUT2D eigenvalue weighted by Crippen LogP contribution is 2.25. The standard InChI is InChI=1S/C11H16O2S2/c1-3-8-5-6-9(15-8)7-14-10(4-2)11(12)13/h5-6,10H,3-4,7H2,1-2H3,(H,12,13). The normalized spacial score (nSPS) is 12.7. The van der Waals surface area contributed by atoms with Gasteiger partial charge in [0, 0.05) is 15.5 Å².